The maximum atomic E-state index is 12.3. The van der Waals surface area contributed by atoms with Crippen LogP contribution in [0.2, 0.25) is 5.02 Å². The molecular weight excluding hydrogens is 482 g/mol. The summed E-state index contributed by atoms with van der Waals surface area (Å²) in [5.41, 5.74) is 4.17. The molecule has 4 rings (SSSR count). The van der Waals surface area contributed by atoms with E-state index in [1.807, 2.05) is 54.6 Å². The number of amides is 1. The number of allylic oxidation sites excluding steroid dienone is 1. The maximum absolute atomic E-state index is 12.3. The van der Waals surface area contributed by atoms with Crippen molar-refractivity contribution in [3.05, 3.63) is 107 Å². The summed E-state index contributed by atoms with van der Waals surface area (Å²) in [5, 5.41) is 3.64. The molecule has 1 heterocycles. The Hall–Kier alpha value is -3.57. The predicted octanol–water partition coefficient (Wildman–Crippen LogP) is 6.57. The van der Waals surface area contributed by atoms with Crippen molar-refractivity contribution < 1.29 is 9.53 Å². The molecule has 0 aliphatic carbocycles. The number of ether oxygens (including phenoxy) is 1. The van der Waals surface area contributed by atoms with Gasteiger partial charge in [0.05, 0.1) is 24.1 Å². The van der Waals surface area contributed by atoms with Crippen LogP contribution in [0.15, 0.2) is 85.5 Å². The summed E-state index contributed by atoms with van der Waals surface area (Å²) in [7, 11) is 0. The van der Waals surface area contributed by atoms with Crippen LogP contribution in [0.1, 0.15) is 36.2 Å². The number of para-hydroxylation sites is 3. The zero-order valence-electron chi connectivity index (χ0n) is 21.2. The van der Waals surface area contributed by atoms with Crippen molar-refractivity contribution in [3.8, 4) is 5.75 Å². The number of unbranched alkanes of at least 4 members (excludes halogenated alkanes) is 1. The van der Waals surface area contributed by atoms with E-state index in [2.05, 4.69) is 40.7 Å². The number of carbonyl (C=O) groups excluding carboxylic acids is 1. The van der Waals surface area contributed by atoms with E-state index in [0.29, 0.717) is 24.6 Å². The molecule has 0 saturated carbocycles. The topological polar surface area (TPSA) is 56.1 Å². The first-order valence-electron chi connectivity index (χ1n) is 12.9. The number of halogens is 1. The lowest BCUT2D eigenvalue weighted by atomic mass is 10.1. The average Bonchev–Trinajstić information content (AvgIpc) is 3.26. The van der Waals surface area contributed by atoms with Gasteiger partial charge in [0, 0.05) is 24.5 Å². The van der Waals surface area contributed by atoms with Crippen LogP contribution in [0.4, 0.5) is 0 Å². The summed E-state index contributed by atoms with van der Waals surface area (Å²) in [6.45, 7) is 5.99. The van der Waals surface area contributed by atoms with Crippen LogP contribution in [-0.4, -0.2) is 28.6 Å². The summed E-state index contributed by atoms with van der Waals surface area (Å²) < 4.78 is 8.37. The van der Waals surface area contributed by atoms with E-state index in [-0.39, 0.29) is 5.91 Å². The van der Waals surface area contributed by atoms with Gasteiger partial charge in [0.25, 0.3) is 0 Å². The van der Waals surface area contributed by atoms with Gasteiger partial charge in [-0.05, 0) is 61.1 Å². The molecule has 5 nitrogen and oxygen atoms in total. The van der Waals surface area contributed by atoms with Crippen molar-refractivity contribution in [2.24, 2.45) is 0 Å². The van der Waals surface area contributed by atoms with E-state index in [1.54, 1.807) is 0 Å². The van der Waals surface area contributed by atoms with Gasteiger partial charge in [-0.25, -0.2) is 4.98 Å². The first-order chi connectivity index (χ1) is 18.2. The summed E-state index contributed by atoms with van der Waals surface area (Å²) in [4.78, 5) is 17.2. The molecule has 4 aromatic rings. The Morgan fingerprint density at radius 3 is 2.57 bits per heavy atom. The number of hydrogen-bond donors (Lipinski definition) is 1. The molecule has 0 atom stereocenters. The third-order valence-electron chi connectivity index (χ3n) is 6.31. The van der Waals surface area contributed by atoms with Gasteiger partial charge in [0.2, 0.25) is 5.91 Å². The Balaban J connectivity index is 1.27. The summed E-state index contributed by atoms with van der Waals surface area (Å²) >= 11 is 6.18. The Bertz CT molecular complexity index is 1330. The SMILES string of the molecule is C=CCc1ccccc1OCCCCn1c(CCCNC(=O)Cc2ccccc2Cl)nc2ccccc21. The molecule has 37 heavy (non-hydrogen) atoms. The van der Waals surface area contributed by atoms with Crippen molar-refractivity contribution in [3.63, 3.8) is 0 Å². The summed E-state index contributed by atoms with van der Waals surface area (Å²) in [6.07, 6.45) is 6.56. The normalized spacial score (nSPS) is 10.9. The van der Waals surface area contributed by atoms with E-state index < -0.39 is 0 Å². The Morgan fingerprint density at radius 2 is 1.73 bits per heavy atom. The van der Waals surface area contributed by atoms with Gasteiger partial charge >= 0.3 is 0 Å². The second kappa shape index (κ2) is 13.7. The van der Waals surface area contributed by atoms with E-state index in [4.69, 9.17) is 21.3 Å². The van der Waals surface area contributed by atoms with Crippen molar-refractivity contribution in [1.29, 1.82) is 0 Å². The minimum Gasteiger partial charge on any atom is -0.493 e. The lowest BCUT2D eigenvalue weighted by Gasteiger charge is -2.12. The second-order valence-electron chi connectivity index (χ2n) is 9.05. The van der Waals surface area contributed by atoms with Crippen LogP contribution in [0.25, 0.3) is 11.0 Å². The Kier molecular flexibility index (Phi) is 9.78. The minimum absolute atomic E-state index is 0.0173. The van der Waals surface area contributed by atoms with Gasteiger partial charge in [-0.3, -0.25) is 4.79 Å². The number of rotatable bonds is 14. The maximum Gasteiger partial charge on any atom is 0.224 e. The molecule has 0 saturated heterocycles. The standard InChI is InChI=1S/C31H34ClN3O2/c1-2-12-24-13-4-8-18-29(24)37-22-10-9-21-35-28-17-7-6-16-27(28)34-30(35)19-11-20-33-31(36)23-25-14-3-5-15-26(25)32/h2-8,13-18H,1,9-12,19-23H2,(H,33,36). The summed E-state index contributed by atoms with van der Waals surface area (Å²) in [5.74, 6) is 1.97. The molecule has 0 aliphatic heterocycles. The van der Waals surface area contributed by atoms with Crippen molar-refractivity contribution in [1.82, 2.24) is 14.9 Å². The number of nitrogens with one attached hydrogen (secondary N) is 1. The molecule has 0 aliphatic rings. The van der Waals surface area contributed by atoms with Gasteiger partial charge in [-0.15, -0.1) is 6.58 Å². The quantitative estimate of drug-likeness (QED) is 0.153. The molecular formula is C31H34ClN3O2. The number of nitrogens with zero attached hydrogens (tertiary/aromatic N) is 2. The highest BCUT2D eigenvalue weighted by molar-refractivity contribution is 6.31. The van der Waals surface area contributed by atoms with Crippen LogP contribution >= 0.6 is 11.6 Å². The molecule has 0 radical (unpaired) electrons. The van der Waals surface area contributed by atoms with E-state index >= 15 is 0 Å². The highest BCUT2D eigenvalue weighted by atomic mass is 35.5. The van der Waals surface area contributed by atoms with E-state index in [9.17, 15) is 4.79 Å². The molecule has 1 aromatic heterocycles. The van der Waals surface area contributed by atoms with Gasteiger partial charge in [0.1, 0.15) is 11.6 Å². The predicted molar refractivity (Wildman–Crippen MR) is 151 cm³/mol. The molecule has 192 valence electrons. The van der Waals surface area contributed by atoms with Crippen LogP contribution in [0, 0.1) is 0 Å². The molecule has 0 bridgehead atoms. The number of aromatic nitrogens is 2. The largest absolute Gasteiger partial charge is 0.493 e. The lowest BCUT2D eigenvalue weighted by molar-refractivity contribution is -0.120. The fourth-order valence-corrected chi connectivity index (χ4v) is 4.64. The molecule has 3 aromatic carbocycles. The van der Waals surface area contributed by atoms with E-state index in [0.717, 1.165) is 66.8 Å². The van der Waals surface area contributed by atoms with Gasteiger partial charge in [-0.1, -0.05) is 66.2 Å². The fourth-order valence-electron chi connectivity index (χ4n) is 4.44. The average molecular weight is 516 g/mol. The number of imidazole rings is 1. The number of hydrogen-bond acceptors (Lipinski definition) is 3. The van der Waals surface area contributed by atoms with Crippen molar-refractivity contribution >= 4 is 28.5 Å². The fraction of sp³-hybridized carbons (Fsp3) is 0.290. The smallest absolute Gasteiger partial charge is 0.224 e. The van der Waals surface area contributed by atoms with Crippen molar-refractivity contribution in [2.75, 3.05) is 13.2 Å². The third kappa shape index (κ3) is 7.46. The first kappa shape index (κ1) is 26.5. The van der Waals surface area contributed by atoms with Crippen LogP contribution in [0.5, 0.6) is 5.75 Å². The molecule has 0 unspecified atom stereocenters. The molecule has 1 N–H and O–H groups in total. The molecule has 1 amide bonds. The zero-order valence-corrected chi connectivity index (χ0v) is 21.9. The van der Waals surface area contributed by atoms with Crippen LogP contribution in [0.3, 0.4) is 0 Å². The summed E-state index contributed by atoms with van der Waals surface area (Å²) in [6, 6.07) is 23.9. The van der Waals surface area contributed by atoms with Crippen LogP contribution in [-0.2, 0) is 30.6 Å². The molecule has 0 fully saturated rings. The minimum atomic E-state index is -0.0173. The first-order valence-corrected chi connectivity index (χ1v) is 13.3. The van der Waals surface area contributed by atoms with Gasteiger partial charge < -0.3 is 14.6 Å². The molecule has 6 heteroatoms. The van der Waals surface area contributed by atoms with E-state index in [1.165, 1.54) is 5.56 Å². The number of benzene rings is 3. The zero-order chi connectivity index (χ0) is 25.9. The second-order valence-corrected chi connectivity index (χ2v) is 9.45. The highest BCUT2D eigenvalue weighted by Gasteiger charge is 2.11. The van der Waals surface area contributed by atoms with Gasteiger partial charge in [-0.2, -0.15) is 0 Å². The third-order valence-corrected chi connectivity index (χ3v) is 6.68. The number of aryl methyl sites for hydroxylation is 2. The van der Waals surface area contributed by atoms with Crippen molar-refractivity contribution in [2.45, 2.75) is 45.1 Å². The van der Waals surface area contributed by atoms with Gasteiger partial charge in [0.15, 0.2) is 0 Å². The number of fused-ring (bicyclic) bond motifs is 1. The highest BCUT2D eigenvalue weighted by Crippen LogP contribution is 2.21. The monoisotopic (exact) mass is 515 g/mol. The van der Waals surface area contributed by atoms with Crippen LogP contribution < -0.4 is 10.1 Å². The Morgan fingerprint density at radius 1 is 0.973 bits per heavy atom. The molecule has 0 spiro atoms. The Labute approximate surface area is 224 Å². The lowest BCUT2D eigenvalue weighted by Crippen LogP contribution is -2.26. The number of carbonyl (C=O) groups is 1.